The van der Waals surface area contributed by atoms with Gasteiger partial charge in [0.25, 0.3) is 5.91 Å². The Morgan fingerprint density at radius 3 is 2.92 bits per heavy atom. The van der Waals surface area contributed by atoms with Gasteiger partial charge in [-0.2, -0.15) is 4.99 Å². The number of amides is 3. The van der Waals surface area contributed by atoms with Crippen LogP contribution >= 0.6 is 0 Å². The van der Waals surface area contributed by atoms with Gasteiger partial charge in [-0.25, -0.2) is 4.79 Å². The molecule has 0 spiro atoms. The number of carbonyl (C=O) groups excluding carboxylic acids is 3. The van der Waals surface area contributed by atoms with Crippen molar-refractivity contribution in [1.29, 1.82) is 0 Å². The molecule has 1 saturated heterocycles. The third-order valence-electron chi connectivity index (χ3n) is 2.03. The summed E-state index contributed by atoms with van der Waals surface area (Å²) in [7, 11) is 0. The van der Waals surface area contributed by atoms with Gasteiger partial charge >= 0.3 is 6.03 Å². The van der Waals surface area contributed by atoms with Crippen molar-refractivity contribution in [2.75, 3.05) is 13.1 Å². The summed E-state index contributed by atoms with van der Waals surface area (Å²) in [6, 6.07) is -1.50. The second-order valence-electron chi connectivity index (χ2n) is 2.83. The minimum absolute atomic E-state index is 0.346. The highest BCUT2D eigenvalue weighted by Crippen LogP contribution is 2.10. The molecule has 0 bridgehead atoms. The number of nitrogens with one attached hydrogen (secondary N) is 1. The molecule has 6 nitrogen and oxygen atoms in total. The second-order valence-corrected chi connectivity index (χ2v) is 2.83. The maximum Gasteiger partial charge on any atom is 0.344 e. The van der Waals surface area contributed by atoms with Gasteiger partial charge in [-0.15, -0.1) is 0 Å². The lowest BCUT2D eigenvalue weighted by Gasteiger charge is -2.33. The van der Waals surface area contributed by atoms with E-state index in [1.165, 1.54) is 4.90 Å². The fourth-order valence-corrected chi connectivity index (χ4v) is 1.42. The molecule has 2 aliphatic rings. The molecule has 13 heavy (non-hydrogen) atoms. The number of fused-ring (bicyclic) bond motifs is 1. The summed E-state index contributed by atoms with van der Waals surface area (Å²) in [5.74, 6) is -0.854. The normalized spacial score (nSPS) is 27.2. The van der Waals surface area contributed by atoms with Crippen LogP contribution < -0.4 is 5.32 Å². The zero-order valence-electron chi connectivity index (χ0n) is 6.69. The van der Waals surface area contributed by atoms with E-state index in [0.29, 0.717) is 13.1 Å². The van der Waals surface area contributed by atoms with Crippen LogP contribution in [0.3, 0.4) is 0 Å². The third-order valence-corrected chi connectivity index (χ3v) is 2.03. The molecule has 2 heterocycles. The predicted octanol–water partition coefficient (Wildman–Crippen LogP) is -1.44. The van der Waals surface area contributed by atoms with Gasteiger partial charge in [0.2, 0.25) is 5.78 Å². The van der Waals surface area contributed by atoms with Crippen molar-refractivity contribution < 1.29 is 14.4 Å². The lowest BCUT2D eigenvalue weighted by atomic mass is 10.1. The van der Waals surface area contributed by atoms with Crippen LogP contribution in [0.4, 0.5) is 4.79 Å². The average Bonchev–Trinajstić information content (AvgIpc) is 2.12. The molecule has 2 rings (SSSR count). The topological polar surface area (TPSA) is 78.8 Å². The van der Waals surface area contributed by atoms with Crippen molar-refractivity contribution in [3.05, 3.63) is 0 Å². The zero-order valence-corrected chi connectivity index (χ0v) is 6.69. The second kappa shape index (κ2) is 2.65. The lowest BCUT2D eigenvalue weighted by Crippen LogP contribution is -2.61. The molecule has 68 valence electrons. The molecule has 0 aromatic carbocycles. The van der Waals surface area contributed by atoms with Gasteiger partial charge in [0.05, 0.1) is 6.21 Å². The summed E-state index contributed by atoms with van der Waals surface area (Å²) >= 11 is 0. The molecule has 3 amide bonds. The Labute approximate surface area is 73.6 Å². The Morgan fingerprint density at radius 2 is 2.23 bits per heavy atom. The molecule has 2 aliphatic heterocycles. The van der Waals surface area contributed by atoms with E-state index in [1.54, 1.807) is 0 Å². The molecule has 0 radical (unpaired) electrons. The van der Waals surface area contributed by atoms with Crippen LogP contribution in [0.25, 0.3) is 0 Å². The minimum atomic E-state index is -0.987. The first-order chi connectivity index (χ1) is 6.20. The molecule has 6 heteroatoms. The van der Waals surface area contributed by atoms with Crippen LogP contribution in [0.1, 0.15) is 0 Å². The van der Waals surface area contributed by atoms with E-state index in [4.69, 9.17) is 0 Å². The fraction of sp³-hybridized carbons (Fsp3) is 0.429. The van der Waals surface area contributed by atoms with Crippen molar-refractivity contribution in [2.24, 2.45) is 4.99 Å². The molecule has 0 aliphatic carbocycles. The van der Waals surface area contributed by atoms with Crippen LogP contribution in [0, 0.1) is 0 Å². The van der Waals surface area contributed by atoms with Crippen LogP contribution in [0.5, 0.6) is 0 Å². The Morgan fingerprint density at radius 1 is 1.46 bits per heavy atom. The van der Waals surface area contributed by atoms with Crippen LogP contribution in [0.15, 0.2) is 4.99 Å². The Hall–Kier alpha value is -1.72. The van der Waals surface area contributed by atoms with Crippen LogP contribution in [0.2, 0.25) is 0 Å². The first kappa shape index (κ1) is 7.90. The van der Waals surface area contributed by atoms with Gasteiger partial charge in [0.1, 0.15) is 0 Å². The Balaban J connectivity index is 2.36. The number of ketones is 1. The highest BCUT2D eigenvalue weighted by atomic mass is 16.2. The summed E-state index contributed by atoms with van der Waals surface area (Å²) in [6.45, 7) is 0.724. The van der Waals surface area contributed by atoms with E-state index >= 15 is 0 Å². The fourth-order valence-electron chi connectivity index (χ4n) is 1.42. The van der Waals surface area contributed by atoms with Crippen molar-refractivity contribution in [2.45, 2.75) is 6.04 Å². The summed E-state index contributed by atoms with van der Waals surface area (Å²) in [4.78, 5) is 38.0. The quantitative estimate of drug-likeness (QED) is 0.465. The first-order valence-corrected chi connectivity index (χ1v) is 3.86. The van der Waals surface area contributed by atoms with E-state index in [0.717, 1.165) is 6.21 Å². The number of urea groups is 1. The molecule has 1 N–H and O–H groups in total. The Kier molecular flexibility index (Phi) is 1.61. The number of piperazine rings is 1. The minimum Gasteiger partial charge on any atom is -0.352 e. The van der Waals surface area contributed by atoms with Crippen molar-refractivity contribution >= 4 is 23.9 Å². The number of Topliss-reactive ketones (excluding diaryl/α,β-unsaturated/α-hetero) is 1. The first-order valence-electron chi connectivity index (χ1n) is 3.86. The molecule has 0 saturated carbocycles. The standard InChI is InChI=1S/C7H7N3O3/c11-4-3-9-7(13)10-2-1-8-6(12)5(4)10/h3,5H,1-2H2,(H,8,12). The SMILES string of the molecule is O=C1C=NC(=O)N2CCNC(=O)C12. The number of aliphatic imine (C=N–C) groups is 1. The van der Waals surface area contributed by atoms with Gasteiger partial charge in [-0.05, 0) is 0 Å². The summed E-state index contributed by atoms with van der Waals surface area (Å²) in [6.07, 6.45) is 0.911. The highest BCUT2D eigenvalue weighted by molar-refractivity contribution is 6.38. The molecule has 1 fully saturated rings. The smallest absolute Gasteiger partial charge is 0.344 e. The largest absolute Gasteiger partial charge is 0.352 e. The van der Waals surface area contributed by atoms with Gasteiger partial charge in [-0.1, -0.05) is 0 Å². The third kappa shape index (κ3) is 1.10. The van der Waals surface area contributed by atoms with Crippen LogP contribution in [-0.2, 0) is 9.59 Å². The summed E-state index contributed by atoms with van der Waals surface area (Å²) in [5.41, 5.74) is 0. The molecular formula is C7H7N3O3. The zero-order chi connectivity index (χ0) is 9.42. The van der Waals surface area contributed by atoms with Gasteiger partial charge in [0.15, 0.2) is 6.04 Å². The summed E-state index contributed by atoms with van der Waals surface area (Å²) in [5, 5.41) is 2.52. The number of nitrogens with zero attached hydrogens (tertiary/aromatic N) is 2. The van der Waals surface area contributed by atoms with Crippen molar-refractivity contribution in [1.82, 2.24) is 10.2 Å². The molecule has 0 aromatic heterocycles. The number of rotatable bonds is 0. The van der Waals surface area contributed by atoms with E-state index in [2.05, 4.69) is 10.3 Å². The monoisotopic (exact) mass is 181 g/mol. The van der Waals surface area contributed by atoms with Gasteiger partial charge in [-0.3, -0.25) is 9.59 Å². The Bertz CT molecular complexity index is 323. The number of hydrogen-bond donors (Lipinski definition) is 1. The van der Waals surface area contributed by atoms with Gasteiger partial charge < -0.3 is 10.2 Å². The maximum atomic E-state index is 11.2. The van der Waals surface area contributed by atoms with Gasteiger partial charge in [0, 0.05) is 13.1 Å². The maximum absolute atomic E-state index is 11.2. The van der Waals surface area contributed by atoms with E-state index in [-0.39, 0.29) is 0 Å². The van der Waals surface area contributed by atoms with E-state index < -0.39 is 23.8 Å². The van der Waals surface area contributed by atoms with Crippen LogP contribution in [-0.4, -0.2) is 48.0 Å². The number of carbonyl (C=O) groups is 3. The number of hydrogen-bond acceptors (Lipinski definition) is 3. The molecular weight excluding hydrogens is 174 g/mol. The van der Waals surface area contributed by atoms with Crippen molar-refractivity contribution in [3.63, 3.8) is 0 Å². The van der Waals surface area contributed by atoms with E-state index in [9.17, 15) is 14.4 Å². The molecule has 0 aromatic rings. The predicted molar refractivity (Wildman–Crippen MR) is 42.4 cm³/mol. The average molecular weight is 181 g/mol. The summed E-state index contributed by atoms with van der Waals surface area (Å²) < 4.78 is 0. The van der Waals surface area contributed by atoms with Crippen molar-refractivity contribution in [3.8, 4) is 0 Å². The highest BCUT2D eigenvalue weighted by Gasteiger charge is 2.39. The van der Waals surface area contributed by atoms with E-state index in [1.807, 2.05) is 0 Å². The molecule has 1 unspecified atom stereocenters. The lowest BCUT2D eigenvalue weighted by molar-refractivity contribution is -0.133. The molecule has 1 atom stereocenters.